The van der Waals surface area contributed by atoms with Crippen LogP contribution < -0.4 is 0 Å². The SMILES string of the molecule is CC1(C)C=C(c2ccc(O)c(C(C)(C)C)c2O)C=C(C(C)(C)C)C1. The molecule has 2 nitrogen and oxygen atoms in total. The second-order valence-electron chi connectivity index (χ2n) is 9.79. The smallest absolute Gasteiger partial charge is 0.130 e. The van der Waals surface area contributed by atoms with Crippen molar-refractivity contribution in [2.75, 3.05) is 0 Å². The predicted molar refractivity (Wildman–Crippen MR) is 102 cm³/mol. The normalized spacial score (nSPS) is 18.2. The molecule has 0 amide bonds. The van der Waals surface area contributed by atoms with Crippen LogP contribution in [0.25, 0.3) is 5.57 Å². The van der Waals surface area contributed by atoms with Gasteiger partial charge in [-0.1, -0.05) is 73.1 Å². The molecule has 0 saturated heterocycles. The van der Waals surface area contributed by atoms with Gasteiger partial charge in [-0.3, -0.25) is 0 Å². The highest BCUT2D eigenvalue weighted by molar-refractivity contribution is 5.81. The van der Waals surface area contributed by atoms with Crippen molar-refractivity contribution >= 4 is 5.57 Å². The number of hydrogen-bond donors (Lipinski definition) is 2. The Hall–Kier alpha value is -1.70. The molecule has 1 aromatic rings. The molecule has 132 valence electrons. The lowest BCUT2D eigenvalue weighted by Gasteiger charge is -2.35. The number of aromatic hydroxyl groups is 2. The lowest BCUT2D eigenvalue weighted by Crippen LogP contribution is -2.21. The highest BCUT2D eigenvalue weighted by Gasteiger charge is 2.31. The summed E-state index contributed by atoms with van der Waals surface area (Å²) in [5.74, 6) is 0.343. The summed E-state index contributed by atoms with van der Waals surface area (Å²) in [6, 6.07) is 3.52. The second kappa shape index (κ2) is 5.68. The van der Waals surface area contributed by atoms with Crippen LogP contribution in [0, 0.1) is 10.8 Å². The fraction of sp³-hybridized carbons (Fsp3) is 0.545. The monoisotopic (exact) mass is 328 g/mol. The van der Waals surface area contributed by atoms with Gasteiger partial charge in [0, 0.05) is 11.1 Å². The van der Waals surface area contributed by atoms with Crippen LogP contribution in [0.1, 0.15) is 72.9 Å². The van der Waals surface area contributed by atoms with Gasteiger partial charge < -0.3 is 10.2 Å². The zero-order valence-electron chi connectivity index (χ0n) is 16.4. The van der Waals surface area contributed by atoms with E-state index >= 15 is 0 Å². The zero-order chi connectivity index (χ0) is 18.5. The van der Waals surface area contributed by atoms with Crippen LogP contribution in [-0.2, 0) is 5.41 Å². The van der Waals surface area contributed by atoms with Crippen LogP contribution in [0.3, 0.4) is 0 Å². The fourth-order valence-corrected chi connectivity index (χ4v) is 3.43. The van der Waals surface area contributed by atoms with Crippen molar-refractivity contribution in [3.05, 3.63) is 41.0 Å². The molecule has 0 heterocycles. The molecule has 0 bridgehead atoms. The summed E-state index contributed by atoms with van der Waals surface area (Å²) in [5, 5.41) is 21.1. The van der Waals surface area contributed by atoms with Crippen LogP contribution in [0.15, 0.2) is 29.9 Å². The Bertz CT molecular complexity index is 705. The highest BCUT2D eigenvalue weighted by Crippen LogP contribution is 2.47. The van der Waals surface area contributed by atoms with E-state index in [4.69, 9.17) is 0 Å². The van der Waals surface area contributed by atoms with E-state index in [0.717, 1.165) is 17.6 Å². The van der Waals surface area contributed by atoms with E-state index < -0.39 is 0 Å². The minimum absolute atomic E-state index is 0.0406. The van der Waals surface area contributed by atoms with E-state index in [-0.39, 0.29) is 27.7 Å². The third-order valence-electron chi connectivity index (χ3n) is 4.70. The number of phenolic OH excluding ortho intramolecular Hbond substituents is 2. The van der Waals surface area contributed by atoms with Crippen LogP contribution >= 0.6 is 0 Å². The van der Waals surface area contributed by atoms with Gasteiger partial charge in [0.25, 0.3) is 0 Å². The van der Waals surface area contributed by atoms with Crippen molar-refractivity contribution in [1.29, 1.82) is 0 Å². The van der Waals surface area contributed by atoms with Crippen molar-refractivity contribution in [1.82, 2.24) is 0 Å². The molecular weight excluding hydrogens is 296 g/mol. The minimum atomic E-state index is -0.328. The average Bonchev–Trinajstić information content (AvgIpc) is 2.33. The highest BCUT2D eigenvalue weighted by atomic mass is 16.3. The summed E-state index contributed by atoms with van der Waals surface area (Å²) in [6.45, 7) is 17.2. The molecular formula is C22H32O2. The molecule has 0 spiro atoms. The Labute approximate surface area is 146 Å². The van der Waals surface area contributed by atoms with Crippen molar-refractivity contribution in [2.45, 2.75) is 67.2 Å². The van der Waals surface area contributed by atoms with E-state index in [1.54, 1.807) is 6.07 Å². The molecule has 0 aromatic heterocycles. The third-order valence-corrected chi connectivity index (χ3v) is 4.70. The molecule has 0 radical (unpaired) electrons. The molecule has 1 aliphatic carbocycles. The first-order valence-corrected chi connectivity index (χ1v) is 8.72. The fourth-order valence-electron chi connectivity index (χ4n) is 3.43. The van der Waals surface area contributed by atoms with Crippen LogP contribution in [0.2, 0.25) is 0 Å². The van der Waals surface area contributed by atoms with Crippen LogP contribution in [-0.4, -0.2) is 10.2 Å². The van der Waals surface area contributed by atoms with Crippen molar-refractivity contribution in [3.8, 4) is 11.5 Å². The summed E-state index contributed by atoms with van der Waals surface area (Å²) in [6.07, 6.45) is 5.47. The maximum absolute atomic E-state index is 10.9. The average molecular weight is 328 g/mol. The van der Waals surface area contributed by atoms with Gasteiger partial charge in [-0.2, -0.15) is 0 Å². The summed E-state index contributed by atoms with van der Waals surface area (Å²) in [5.41, 5.74) is 3.64. The number of benzene rings is 1. The molecule has 2 rings (SSSR count). The first-order chi connectivity index (χ1) is 10.7. The molecule has 1 aliphatic rings. The van der Waals surface area contributed by atoms with Crippen molar-refractivity contribution in [2.24, 2.45) is 10.8 Å². The maximum atomic E-state index is 10.9. The first kappa shape index (κ1) is 18.6. The zero-order valence-corrected chi connectivity index (χ0v) is 16.4. The first-order valence-electron chi connectivity index (χ1n) is 8.72. The van der Waals surface area contributed by atoms with E-state index in [9.17, 15) is 10.2 Å². The van der Waals surface area contributed by atoms with Crippen LogP contribution in [0.5, 0.6) is 11.5 Å². The van der Waals surface area contributed by atoms with Gasteiger partial charge in [0.2, 0.25) is 0 Å². The second-order valence-corrected chi connectivity index (χ2v) is 9.79. The Morgan fingerprint density at radius 2 is 1.50 bits per heavy atom. The van der Waals surface area contributed by atoms with Gasteiger partial charge in [-0.15, -0.1) is 0 Å². The molecule has 0 atom stereocenters. The summed E-state index contributed by atoms with van der Waals surface area (Å²) in [7, 11) is 0. The van der Waals surface area contributed by atoms with Gasteiger partial charge in [-0.05, 0) is 40.4 Å². The van der Waals surface area contributed by atoms with Gasteiger partial charge in [0.05, 0.1) is 0 Å². The predicted octanol–water partition coefficient (Wildman–Crippen LogP) is 6.18. The van der Waals surface area contributed by atoms with E-state index in [0.29, 0.717) is 5.56 Å². The molecule has 0 aliphatic heterocycles. The third kappa shape index (κ3) is 3.68. The van der Waals surface area contributed by atoms with Gasteiger partial charge in [-0.25, -0.2) is 0 Å². The quantitative estimate of drug-likeness (QED) is 0.646. The topological polar surface area (TPSA) is 40.5 Å². The lowest BCUT2D eigenvalue weighted by molar-refractivity contribution is 0.393. The van der Waals surface area contributed by atoms with E-state index in [1.165, 1.54) is 5.57 Å². The minimum Gasteiger partial charge on any atom is -0.508 e. The Morgan fingerprint density at radius 3 is 2.00 bits per heavy atom. The molecule has 0 saturated carbocycles. The number of phenols is 2. The molecule has 0 unspecified atom stereocenters. The van der Waals surface area contributed by atoms with E-state index in [2.05, 4.69) is 46.8 Å². The Morgan fingerprint density at radius 1 is 0.917 bits per heavy atom. The van der Waals surface area contributed by atoms with Gasteiger partial charge in [0.15, 0.2) is 0 Å². The molecule has 1 aromatic carbocycles. The lowest BCUT2D eigenvalue weighted by atomic mass is 9.70. The number of rotatable bonds is 1. The number of allylic oxidation sites excluding steroid dienone is 4. The molecule has 0 fully saturated rings. The molecule has 24 heavy (non-hydrogen) atoms. The largest absolute Gasteiger partial charge is 0.508 e. The molecule has 2 heteroatoms. The standard InChI is InChI=1S/C22H32O2/c1-20(2,3)15-11-14(12-22(7,8)13-15)16-9-10-17(23)18(19(16)24)21(4,5)6/h9-12,23-24H,13H2,1-8H3. The van der Waals surface area contributed by atoms with Gasteiger partial charge in [0.1, 0.15) is 11.5 Å². The summed E-state index contributed by atoms with van der Waals surface area (Å²) < 4.78 is 0. The van der Waals surface area contributed by atoms with E-state index in [1.807, 2.05) is 26.8 Å². The number of hydrogen-bond acceptors (Lipinski definition) is 2. The van der Waals surface area contributed by atoms with Gasteiger partial charge >= 0.3 is 0 Å². The summed E-state index contributed by atoms with van der Waals surface area (Å²) >= 11 is 0. The summed E-state index contributed by atoms with van der Waals surface area (Å²) in [4.78, 5) is 0. The van der Waals surface area contributed by atoms with Crippen LogP contribution in [0.4, 0.5) is 0 Å². The Kier molecular flexibility index (Phi) is 4.41. The maximum Gasteiger partial charge on any atom is 0.130 e. The Balaban J connectivity index is 2.67. The molecule has 2 N–H and O–H groups in total. The van der Waals surface area contributed by atoms with Crippen molar-refractivity contribution < 1.29 is 10.2 Å². The van der Waals surface area contributed by atoms with Crippen molar-refractivity contribution in [3.63, 3.8) is 0 Å².